The van der Waals surface area contributed by atoms with Crippen LogP contribution in [0.2, 0.25) is 0 Å². The third-order valence-corrected chi connectivity index (χ3v) is 2.78. The molecule has 0 aliphatic heterocycles. The Kier molecular flexibility index (Phi) is 4.38. The van der Waals surface area contributed by atoms with E-state index in [1.54, 1.807) is 19.4 Å². The molecule has 0 saturated heterocycles. The van der Waals surface area contributed by atoms with E-state index in [0.717, 1.165) is 0 Å². The van der Waals surface area contributed by atoms with Crippen molar-refractivity contribution in [3.63, 3.8) is 0 Å². The van der Waals surface area contributed by atoms with E-state index in [1.807, 2.05) is 20.9 Å². The number of aromatic nitrogens is 1. The minimum absolute atomic E-state index is 0.0713. The second-order valence-corrected chi connectivity index (χ2v) is 4.41. The summed E-state index contributed by atoms with van der Waals surface area (Å²) in [5.41, 5.74) is 0.339. The first-order valence-corrected chi connectivity index (χ1v) is 5.32. The van der Waals surface area contributed by atoms with Crippen LogP contribution in [0.1, 0.15) is 31.9 Å². The fourth-order valence-electron chi connectivity index (χ4n) is 1.61. The number of methoxy groups -OCH3 is 1. The van der Waals surface area contributed by atoms with Crippen LogP contribution in [0.5, 0.6) is 0 Å². The van der Waals surface area contributed by atoms with Gasteiger partial charge in [0.2, 0.25) is 0 Å². The van der Waals surface area contributed by atoms with E-state index >= 15 is 0 Å². The van der Waals surface area contributed by atoms with Crippen LogP contribution < -0.4 is 5.32 Å². The van der Waals surface area contributed by atoms with Crippen molar-refractivity contribution in [3.05, 3.63) is 29.8 Å². The monoisotopic (exact) mass is 226 g/mol. The molecule has 0 spiro atoms. The van der Waals surface area contributed by atoms with Gasteiger partial charge >= 0.3 is 0 Å². The Bertz CT molecular complexity index is 342. The van der Waals surface area contributed by atoms with Gasteiger partial charge in [-0.05, 0) is 33.4 Å². The van der Waals surface area contributed by atoms with E-state index in [9.17, 15) is 4.39 Å². The van der Waals surface area contributed by atoms with Crippen LogP contribution in [0.15, 0.2) is 18.5 Å². The number of ether oxygens (including phenoxy) is 1. The third-order valence-electron chi connectivity index (χ3n) is 2.78. The maximum absolute atomic E-state index is 13.6. The number of hydrogen-bond donors (Lipinski definition) is 1. The molecule has 0 fully saturated rings. The summed E-state index contributed by atoms with van der Waals surface area (Å²) in [4.78, 5) is 3.74. The molecule has 1 atom stereocenters. The van der Waals surface area contributed by atoms with E-state index in [1.165, 1.54) is 6.20 Å². The van der Waals surface area contributed by atoms with Gasteiger partial charge in [-0.2, -0.15) is 0 Å². The summed E-state index contributed by atoms with van der Waals surface area (Å²) in [5, 5.41) is 3.10. The Labute approximate surface area is 96.0 Å². The standard InChI is InChI=1S/C12H19FN2O/c1-12(2,16-4)7-11(14-3)9-5-6-15-8-10(9)13/h5-6,8,11,14H,7H2,1-4H3. The highest BCUT2D eigenvalue weighted by Crippen LogP contribution is 2.26. The smallest absolute Gasteiger partial charge is 0.146 e. The summed E-state index contributed by atoms with van der Waals surface area (Å²) in [7, 11) is 3.48. The first kappa shape index (κ1) is 13.1. The number of nitrogens with one attached hydrogen (secondary N) is 1. The van der Waals surface area contributed by atoms with Crippen LogP contribution in [-0.2, 0) is 4.74 Å². The number of nitrogens with zero attached hydrogens (tertiary/aromatic N) is 1. The van der Waals surface area contributed by atoms with Crippen molar-refractivity contribution in [2.75, 3.05) is 14.2 Å². The molecule has 0 aliphatic carbocycles. The fraction of sp³-hybridized carbons (Fsp3) is 0.583. The van der Waals surface area contributed by atoms with Gasteiger partial charge in [0.25, 0.3) is 0 Å². The van der Waals surface area contributed by atoms with Crippen LogP contribution in [-0.4, -0.2) is 24.7 Å². The second kappa shape index (κ2) is 5.37. The highest BCUT2D eigenvalue weighted by molar-refractivity contribution is 5.17. The van der Waals surface area contributed by atoms with Gasteiger partial charge in [0.15, 0.2) is 0 Å². The van der Waals surface area contributed by atoms with Crippen molar-refractivity contribution in [2.45, 2.75) is 31.9 Å². The minimum atomic E-state index is -0.288. The topological polar surface area (TPSA) is 34.1 Å². The molecule has 4 heteroatoms. The second-order valence-electron chi connectivity index (χ2n) is 4.41. The van der Waals surface area contributed by atoms with E-state index in [-0.39, 0.29) is 17.5 Å². The van der Waals surface area contributed by atoms with Gasteiger partial charge in [0.1, 0.15) is 5.82 Å². The zero-order valence-electron chi connectivity index (χ0n) is 10.2. The Balaban J connectivity index is 2.87. The summed E-state index contributed by atoms with van der Waals surface area (Å²) in [6, 6.07) is 1.63. The molecule has 0 saturated carbocycles. The molecular weight excluding hydrogens is 207 g/mol. The van der Waals surface area contributed by atoms with Crippen molar-refractivity contribution in [2.24, 2.45) is 0 Å². The van der Waals surface area contributed by atoms with E-state index in [0.29, 0.717) is 12.0 Å². The van der Waals surface area contributed by atoms with E-state index in [2.05, 4.69) is 10.3 Å². The largest absolute Gasteiger partial charge is 0.379 e. The van der Waals surface area contributed by atoms with Gasteiger partial charge in [-0.3, -0.25) is 4.98 Å². The summed E-state index contributed by atoms with van der Waals surface area (Å²) < 4.78 is 18.9. The van der Waals surface area contributed by atoms with E-state index < -0.39 is 0 Å². The summed E-state index contributed by atoms with van der Waals surface area (Å²) in [6.07, 6.45) is 3.53. The summed E-state index contributed by atoms with van der Waals surface area (Å²) in [5.74, 6) is -0.284. The highest BCUT2D eigenvalue weighted by atomic mass is 19.1. The lowest BCUT2D eigenvalue weighted by atomic mass is 9.94. The van der Waals surface area contributed by atoms with Crippen molar-refractivity contribution < 1.29 is 9.13 Å². The van der Waals surface area contributed by atoms with E-state index in [4.69, 9.17) is 4.74 Å². The molecule has 90 valence electrons. The van der Waals surface area contributed by atoms with Gasteiger partial charge in [0.05, 0.1) is 11.8 Å². The molecule has 0 amide bonds. The van der Waals surface area contributed by atoms with Crippen LogP contribution >= 0.6 is 0 Å². The Morgan fingerprint density at radius 1 is 1.56 bits per heavy atom. The molecule has 16 heavy (non-hydrogen) atoms. The average Bonchev–Trinajstić information content (AvgIpc) is 2.27. The molecule has 0 bridgehead atoms. The van der Waals surface area contributed by atoms with Crippen molar-refractivity contribution in [1.29, 1.82) is 0 Å². The normalized spacial score (nSPS) is 13.8. The highest BCUT2D eigenvalue weighted by Gasteiger charge is 2.24. The number of halogens is 1. The SMILES string of the molecule is CNC(CC(C)(C)OC)c1ccncc1F. The van der Waals surface area contributed by atoms with Crippen molar-refractivity contribution >= 4 is 0 Å². The minimum Gasteiger partial charge on any atom is -0.379 e. The first-order chi connectivity index (χ1) is 7.50. The Morgan fingerprint density at radius 3 is 2.75 bits per heavy atom. The molecule has 0 aromatic carbocycles. The quantitative estimate of drug-likeness (QED) is 0.836. The Hall–Kier alpha value is -1.00. The molecule has 1 N–H and O–H groups in total. The maximum Gasteiger partial charge on any atom is 0.146 e. The average molecular weight is 226 g/mol. The summed E-state index contributed by atoms with van der Waals surface area (Å²) in [6.45, 7) is 3.97. The van der Waals surface area contributed by atoms with Crippen LogP contribution in [0.25, 0.3) is 0 Å². The number of hydrogen-bond acceptors (Lipinski definition) is 3. The zero-order chi connectivity index (χ0) is 12.2. The molecule has 0 aliphatic rings. The molecule has 0 radical (unpaired) electrons. The third kappa shape index (κ3) is 3.25. The first-order valence-electron chi connectivity index (χ1n) is 5.32. The number of rotatable bonds is 5. The summed E-state index contributed by atoms with van der Waals surface area (Å²) >= 11 is 0. The predicted octanol–water partition coefficient (Wildman–Crippen LogP) is 2.30. The Morgan fingerprint density at radius 2 is 2.25 bits per heavy atom. The lowest BCUT2D eigenvalue weighted by molar-refractivity contribution is 0.00718. The van der Waals surface area contributed by atoms with Gasteiger partial charge in [-0.1, -0.05) is 0 Å². The van der Waals surface area contributed by atoms with Gasteiger partial charge in [0, 0.05) is 24.9 Å². The molecule has 1 rings (SSSR count). The molecule has 1 aromatic rings. The predicted molar refractivity (Wildman–Crippen MR) is 61.7 cm³/mol. The lowest BCUT2D eigenvalue weighted by Gasteiger charge is -2.28. The van der Waals surface area contributed by atoms with Crippen molar-refractivity contribution in [3.8, 4) is 0 Å². The van der Waals surface area contributed by atoms with Gasteiger partial charge < -0.3 is 10.1 Å². The maximum atomic E-state index is 13.6. The van der Waals surface area contributed by atoms with Crippen LogP contribution in [0.4, 0.5) is 4.39 Å². The van der Waals surface area contributed by atoms with Gasteiger partial charge in [-0.15, -0.1) is 0 Å². The lowest BCUT2D eigenvalue weighted by Crippen LogP contribution is -2.31. The number of pyridine rings is 1. The molecule has 1 unspecified atom stereocenters. The van der Waals surface area contributed by atoms with Gasteiger partial charge in [-0.25, -0.2) is 4.39 Å². The molecule has 3 nitrogen and oxygen atoms in total. The van der Waals surface area contributed by atoms with Crippen LogP contribution in [0, 0.1) is 5.82 Å². The van der Waals surface area contributed by atoms with Crippen LogP contribution in [0.3, 0.4) is 0 Å². The van der Waals surface area contributed by atoms with Crippen molar-refractivity contribution in [1.82, 2.24) is 10.3 Å². The fourth-order valence-corrected chi connectivity index (χ4v) is 1.61. The molecular formula is C12H19FN2O. The zero-order valence-corrected chi connectivity index (χ0v) is 10.2. The molecule has 1 heterocycles. The molecule has 1 aromatic heterocycles.